The van der Waals surface area contributed by atoms with E-state index in [2.05, 4.69) is 22.3 Å². The molecule has 5 nitrogen and oxygen atoms in total. The highest BCUT2D eigenvalue weighted by atomic mass is 35.5. The number of rotatable bonds is 7. The lowest BCUT2D eigenvalue weighted by molar-refractivity contribution is 0.0927. The van der Waals surface area contributed by atoms with Crippen molar-refractivity contribution in [1.82, 2.24) is 10.2 Å². The smallest absolute Gasteiger partial charge is 0.255 e. The fraction of sp³-hybridized carbons (Fsp3) is 0.409. The number of hydrogen-bond acceptors (Lipinski definition) is 4. The van der Waals surface area contributed by atoms with Gasteiger partial charge >= 0.3 is 0 Å². The molecule has 2 aromatic rings. The summed E-state index contributed by atoms with van der Waals surface area (Å²) < 4.78 is 10.6. The average molecular weight is 403 g/mol. The van der Waals surface area contributed by atoms with E-state index >= 15 is 0 Å². The summed E-state index contributed by atoms with van der Waals surface area (Å²) >= 11 is 5.97. The van der Waals surface area contributed by atoms with Crippen LogP contribution in [0.2, 0.25) is 5.02 Å². The van der Waals surface area contributed by atoms with Gasteiger partial charge in [-0.2, -0.15) is 0 Å². The number of methoxy groups -OCH3 is 2. The van der Waals surface area contributed by atoms with Crippen molar-refractivity contribution in [2.24, 2.45) is 5.92 Å². The molecule has 1 fully saturated rings. The van der Waals surface area contributed by atoms with E-state index < -0.39 is 0 Å². The number of piperidine rings is 1. The van der Waals surface area contributed by atoms with Crippen LogP contribution in [0.5, 0.6) is 11.5 Å². The molecule has 1 aliphatic heterocycles. The van der Waals surface area contributed by atoms with Gasteiger partial charge in [0.15, 0.2) is 11.5 Å². The lowest BCUT2D eigenvalue weighted by atomic mass is 9.97. The average Bonchev–Trinajstić information content (AvgIpc) is 2.73. The molecule has 0 saturated carbocycles. The molecule has 0 spiro atoms. The normalized spacial score (nSPS) is 17.2. The Hall–Kier alpha value is -2.24. The summed E-state index contributed by atoms with van der Waals surface area (Å²) in [5.41, 5.74) is 1.76. The standard InChI is InChI=1S/C22H27ClN2O3/c1-27-20-7-3-6-19(21(20)28-2)22(26)24-13-17-5-4-12-25(15-17)14-16-8-10-18(23)11-9-16/h3,6-11,17H,4-5,12-15H2,1-2H3,(H,24,26)/t17-/m0/s1. The van der Waals surface area contributed by atoms with Crippen molar-refractivity contribution in [3.63, 3.8) is 0 Å². The molecule has 1 aliphatic rings. The van der Waals surface area contributed by atoms with Gasteiger partial charge in [0.05, 0.1) is 19.8 Å². The minimum Gasteiger partial charge on any atom is -0.493 e. The first-order chi connectivity index (χ1) is 13.6. The number of ether oxygens (including phenoxy) is 2. The second-order valence-corrected chi connectivity index (χ2v) is 7.56. The number of benzene rings is 2. The van der Waals surface area contributed by atoms with Crippen molar-refractivity contribution in [2.75, 3.05) is 33.9 Å². The lowest BCUT2D eigenvalue weighted by Gasteiger charge is -2.33. The highest BCUT2D eigenvalue weighted by molar-refractivity contribution is 6.30. The predicted molar refractivity (Wildman–Crippen MR) is 111 cm³/mol. The minimum atomic E-state index is -0.134. The largest absolute Gasteiger partial charge is 0.493 e. The Bertz CT molecular complexity index is 795. The third-order valence-electron chi connectivity index (χ3n) is 5.12. The molecule has 1 saturated heterocycles. The third kappa shape index (κ3) is 5.18. The highest BCUT2D eigenvalue weighted by Gasteiger charge is 2.22. The first-order valence-electron chi connectivity index (χ1n) is 9.56. The van der Waals surface area contributed by atoms with Crippen molar-refractivity contribution in [1.29, 1.82) is 0 Å². The maximum atomic E-state index is 12.7. The number of hydrogen-bond donors (Lipinski definition) is 1. The van der Waals surface area contributed by atoms with Crippen molar-refractivity contribution in [3.8, 4) is 11.5 Å². The number of nitrogens with zero attached hydrogens (tertiary/aromatic N) is 1. The summed E-state index contributed by atoms with van der Waals surface area (Å²) in [7, 11) is 3.11. The molecule has 1 heterocycles. The lowest BCUT2D eigenvalue weighted by Crippen LogP contribution is -2.40. The number of nitrogens with one attached hydrogen (secondary N) is 1. The van der Waals surface area contributed by atoms with E-state index in [4.69, 9.17) is 21.1 Å². The molecule has 28 heavy (non-hydrogen) atoms. The second kappa shape index (κ2) is 9.80. The summed E-state index contributed by atoms with van der Waals surface area (Å²) in [6.45, 7) is 3.61. The summed E-state index contributed by atoms with van der Waals surface area (Å²) in [5.74, 6) is 1.32. The van der Waals surface area contributed by atoms with Crippen molar-refractivity contribution in [3.05, 3.63) is 58.6 Å². The van der Waals surface area contributed by atoms with Gasteiger partial charge in [-0.1, -0.05) is 29.8 Å². The fourth-order valence-corrected chi connectivity index (χ4v) is 3.83. The van der Waals surface area contributed by atoms with Crippen LogP contribution in [0.1, 0.15) is 28.8 Å². The first-order valence-corrected chi connectivity index (χ1v) is 9.94. The number of carbonyl (C=O) groups excluding carboxylic acids is 1. The minimum absolute atomic E-state index is 0.134. The maximum Gasteiger partial charge on any atom is 0.255 e. The van der Waals surface area contributed by atoms with Gasteiger partial charge in [0.25, 0.3) is 5.91 Å². The van der Waals surface area contributed by atoms with Crippen molar-refractivity contribution in [2.45, 2.75) is 19.4 Å². The highest BCUT2D eigenvalue weighted by Crippen LogP contribution is 2.30. The molecule has 0 aromatic heterocycles. The van der Waals surface area contributed by atoms with Crippen LogP contribution in [0.15, 0.2) is 42.5 Å². The van der Waals surface area contributed by atoms with Gasteiger partial charge in [0, 0.05) is 24.7 Å². The van der Waals surface area contributed by atoms with E-state index in [-0.39, 0.29) is 5.91 Å². The van der Waals surface area contributed by atoms with Gasteiger partial charge in [-0.25, -0.2) is 0 Å². The molecule has 6 heteroatoms. The van der Waals surface area contributed by atoms with Gasteiger partial charge < -0.3 is 14.8 Å². The Morgan fingerprint density at radius 1 is 1.18 bits per heavy atom. The molecule has 1 atom stereocenters. The Morgan fingerprint density at radius 2 is 1.96 bits per heavy atom. The Kier molecular flexibility index (Phi) is 7.18. The fourth-order valence-electron chi connectivity index (χ4n) is 3.71. The molecule has 1 amide bonds. The monoisotopic (exact) mass is 402 g/mol. The number of likely N-dealkylation sites (tertiary alicyclic amines) is 1. The van der Waals surface area contributed by atoms with Crippen LogP contribution in [0.25, 0.3) is 0 Å². The molecular weight excluding hydrogens is 376 g/mol. The van der Waals surface area contributed by atoms with Gasteiger partial charge in [-0.3, -0.25) is 9.69 Å². The zero-order chi connectivity index (χ0) is 19.9. The van der Waals surface area contributed by atoms with E-state index in [1.807, 2.05) is 12.1 Å². The molecule has 0 unspecified atom stereocenters. The van der Waals surface area contributed by atoms with E-state index in [0.29, 0.717) is 29.5 Å². The van der Waals surface area contributed by atoms with Crippen LogP contribution in [0.3, 0.4) is 0 Å². The van der Waals surface area contributed by atoms with Gasteiger partial charge in [0.2, 0.25) is 0 Å². The second-order valence-electron chi connectivity index (χ2n) is 7.12. The SMILES string of the molecule is COc1cccc(C(=O)NC[C@@H]2CCCN(Cc3ccc(Cl)cc3)C2)c1OC. The molecule has 0 radical (unpaired) electrons. The zero-order valence-electron chi connectivity index (χ0n) is 16.4. The molecule has 3 rings (SSSR count). The van der Waals surface area contributed by atoms with E-state index in [1.165, 1.54) is 5.56 Å². The maximum absolute atomic E-state index is 12.7. The molecule has 2 aromatic carbocycles. The molecule has 150 valence electrons. The summed E-state index contributed by atoms with van der Waals surface area (Å²) in [6, 6.07) is 13.3. The van der Waals surface area contributed by atoms with E-state index in [0.717, 1.165) is 37.5 Å². The van der Waals surface area contributed by atoms with Crippen LogP contribution >= 0.6 is 11.6 Å². The van der Waals surface area contributed by atoms with Crippen LogP contribution < -0.4 is 14.8 Å². The Morgan fingerprint density at radius 3 is 2.68 bits per heavy atom. The number of carbonyl (C=O) groups is 1. The van der Waals surface area contributed by atoms with Crippen molar-refractivity contribution < 1.29 is 14.3 Å². The molecular formula is C22H27ClN2O3. The Labute approximate surface area is 171 Å². The Balaban J connectivity index is 1.55. The van der Waals surface area contributed by atoms with Crippen LogP contribution in [-0.2, 0) is 6.54 Å². The van der Waals surface area contributed by atoms with Gasteiger partial charge in [0.1, 0.15) is 0 Å². The van der Waals surface area contributed by atoms with Gasteiger partial charge in [-0.05, 0) is 55.1 Å². The topological polar surface area (TPSA) is 50.8 Å². The molecule has 0 aliphatic carbocycles. The quantitative estimate of drug-likeness (QED) is 0.760. The van der Waals surface area contributed by atoms with Crippen LogP contribution in [0.4, 0.5) is 0 Å². The van der Waals surface area contributed by atoms with Crippen molar-refractivity contribution >= 4 is 17.5 Å². The number of para-hydroxylation sites is 1. The molecule has 1 N–H and O–H groups in total. The van der Waals surface area contributed by atoms with E-state index in [9.17, 15) is 4.79 Å². The zero-order valence-corrected chi connectivity index (χ0v) is 17.2. The summed E-state index contributed by atoms with van der Waals surface area (Å²) in [5, 5.41) is 3.83. The van der Waals surface area contributed by atoms with E-state index in [1.54, 1.807) is 32.4 Å². The third-order valence-corrected chi connectivity index (χ3v) is 5.37. The summed E-state index contributed by atoms with van der Waals surface area (Å²) in [6.07, 6.45) is 2.25. The number of halogens is 1. The first kappa shape index (κ1) is 20.5. The van der Waals surface area contributed by atoms with Crippen LogP contribution in [-0.4, -0.2) is 44.7 Å². The predicted octanol–water partition coefficient (Wildman–Crippen LogP) is 4.00. The number of amides is 1. The molecule has 0 bridgehead atoms. The van der Waals surface area contributed by atoms with Gasteiger partial charge in [-0.15, -0.1) is 0 Å². The van der Waals surface area contributed by atoms with Crippen LogP contribution in [0, 0.1) is 5.92 Å². The summed E-state index contributed by atoms with van der Waals surface area (Å²) in [4.78, 5) is 15.1.